The zero-order valence-electron chi connectivity index (χ0n) is 13.1. The van der Waals surface area contributed by atoms with Crippen molar-refractivity contribution in [2.24, 2.45) is 0 Å². The average Bonchev–Trinajstić information content (AvgIpc) is 3.01. The van der Waals surface area contributed by atoms with Crippen LogP contribution in [0, 0.1) is 6.92 Å². The van der Waals surface area contributed by atoms with Crippen LogP contribution in [0.25, 0.3) is 5.69 Å². The highest BCUT2D eigenvalue weighted by Gasteiger charge is 2.15. The Kier molecular flexibility index (Phi) is 4.94. The first-order valence-electron chi connectivity index (χ1n) is 7.68. The first-order chi connectivity index (χ1) is 11.3. The van der Waals surface area contributed by atoms with Crippen LogP contribution in [0.3, 0.4) is 0 Å². The second kappa shape index (κ2) is 7.30. The maximum absolute atomic E-state index is 12.5. The second-order valence-corrected chi connectivity index (χ2v) is 5.36. The summed E-state index contributed by atoms with van der Waals surface area (Å²) in [5, 5.41) is 14.4. The molecule has 0 saturated carbocycles. The number of nitrogens with one attached hydrogen (secondary N) is 1. The summed E-state index contributed by atoms with van der Waals surface area (Å²) >= 11 is 0. The SMILES string of the molecule is Cc1nnnn1-c1ccccc1C(=O)NCCN1CCOCC1. The summed E-state index contributed by atoms with van der Waals surface area (Å²) in [4.78, 5) is 14.8. The number of amides is 1. The topological polar surface area (TPSA) is 85.2 Å². The second-order valence-electron chi connectivity index (χ2n) is 5.36. The van der Waals surface area contributed by atoms with Gasteiger partial charge in [0.2, 0.25) is 0 Å². The fourth-order valence-corrected chi connectivity index (χ4v) is 2.55. The fourth-order valence-electron chi connectivity index (χ4n) is 2.55. The molecule has 1 aliphatic heterocycles. The molecule has 0 aliphatic carbocycles. The lowest BCUT2D eigenvalue weighted by Gasteiger charge is -2.26. The van der Waals surface area contributed by atoms with E-state index in [1.165, 1.54) is 0 Å². The van der Waals surface area contributed by atoms with Crippen molar-refractivity contribution in [3.63, 3.8) is 0 Å². The van der Waals surface area contributed by atoms with Gasteiger partial charge in [0, 0.05) is 26.2 Å². The van der Waals surface area contributed by atoms with Crippen molar-refractivity contribution in [3.05, 3.63) is 35.7 Å². The number of hydrogen-bond acceptors (Lipinski definition) is 6. The normalized spacial score (nSPS) is 15.5. The van der Waals surface area contributed by atoms with Crippen LogP contribution in [-0.4, -0.2) is 70.4 Å². The van der Waals surface area contributed by atoms with Crippen molar-refractivity contribution < 1.29 is 9.53 Å². The summed E-state index contributed by atoms with van der Waals surface area (Å²) in [6, 6.07) is 7.31. The van der Waals surface area contributed by atoms with Crippen molar-refractivity contribution >= 4 is 5.91 Å². The Labute approximate surface area is 134 Å². The molecule has 1 aliphatic rings. The van der Waals surface area contributed by atoms with Gasteiger partial charge in [0.25, 0.3) is 5.91 Å². The Morgan fingerprint density at radius 3 is 2.83 bits per heavy atom. The maximum atomic E-state index is 12.5. The Morgan fingerprint density at radius 2 is 2.09 bits per heavy atom. The van der Waals surface area contributed by atoms with Crippen molar-refractivity contribution in [3.8, 4) is 5.69 Å². The van der Waals surface area contributed by atoms with Gasteiger partial charge in [-0.15, -0.1) is 5.10 Å². The minimum atomic E-state index is -0.122. The van der Waals surface area contributed by atoms with Gasteiger partial charge in [0.1, 0.15) is 0 Å². The number of hydrogen-bond donors (Lipinski definition) is 1. The van der Waals surface area contributed by atoms with Crippen LogP contribution >= 0.6 is 0 Å². The van der Waals surface area contributed by atoms with Gasteiger partial charge >= 0.3 is 0 Å². The number of carbonyl (C=O) groups is 1. The molecule has 8 heteroatoms. The average molecular weight is 316 g/mol. The van der Waals surface area contributed by atoms with Crippen molar-refractivity contribution in [2.75, 3.05) is 39.4 Å². The zero-order chi connectivity index (χ0) is 16.1. The molecule has 0 bridgehead atoms. The number of tetrazole rings is 1. The number of benzene rings is 1. The molecular formula is C15H20N6O2. The lowest BCUT2D eigenvalue weighted by molar-refractivity contribution is 0.0383. The van der Waals surface area contributed by atoms with Gasteiger partial charge in [-0.2, -0.15) is 4.68 Å². The lowest BCUT2D eigenvalue weighted by Crippen LogP contribution is -2.41. The zero-order valence-corrected chi connectivity index (χ0v) is 13.1. The van der Waals surface area contributed by atoms with E-state index in [0.717, 1.165) is 32.8 Å². The van der Waals surface area contributed by atoms with Crippen LogP contribution in [0.1, 0.15) is 16.2 Å². The third-order valence-corrected chi connectivity index (χ3v) is 3.82. The van der Waals surface area contributed by atoms with Crippen molar-refractivity contribution in [2.45, 2.75) is 6.92 Å². The number of morpholine rings is 1. The molecule has 8 nitrogen and oxygen atoms in total. The lowest BCUT2D eigenvalue weighted by atomic mass is 10.1. The van der Waals surface area contributed by atoms with Gasteiger partial charge in [0.15, 0.2) is 5.82 Å². The molecule has 1 N–H and O–H groups in total. The molecule has 2 aromatic rings. The minimum absolute atomic E-state index is 0.122. The molecule has 2 heterocycles. The fraction of sp³-hybridized carbons (Fsp3) is 0.467. The van der Waals surface area contributed by atoms with E-state index in [4.69, 9.17) is 4.74 Å². The van der Waals surface area contributed by atoms with Crippen molar-refractivity contribution in [1.29, 1.82) is 0 Å². The number of nitrogens with zero attached hydrogens (tertiary/aromatic N) is 5. The smallest absolute Gasteiger partial charge is 0.253 e. The summed E-state index contributed by atoms with van der Waals surface area (Å²) in [6.45, 7) is 6.56. The number of ether oxygens (including phenoxy) is 1. The molecule has 0 unspecified atom stereocenters. The van der Waals surface area contributed by atoms with E-state index in [9.17, 15) is 4.79 Å². The molecular weight excluding hydrogens is 296 g/mol. The monoisotopic (exact) mass is 316 g/mol. The number of aromatic nitrogens is 4. The Bertz CT molecular complexity index is 665. The summed E-state index contributed by atoms with van der Waals surface area (Å²) in [5.41, 5.74) is 1.24. The van der Waals surface area contributed by atoms with Gasteiger partial charge < -0.3 is 10.1 Å². The highest BCUT2D eigenvalue weighted by molar-refractivity contribution is 5.97. The van der Waals surface area contributed by atoms with E-state index in [2.05, 4.69) is 25.7 Å². The molecule has 1 aromatic carbocycles. The predicted molar refractivity (Wildman–Crippen MR) is 83.5 cm³/mol. The molecule has 1 amide bonds. The van der Waals surface area contributed by atoms with Crippen LogP contribution in [0.5, 0.6) is 0 Å². The molecule has 0 atom stereocenters. The van der Waals surface area contributed by atoms with Gasteiger partial charge in [-0.3, -0.25) is 9.69 Å². The Hall–Kier alpha value is -2.32. The van der Waals surface area contributed by atoms with E-state index in [-0.39, 0.29) is 5.91 Å². The third kappa shape index (κ3) is 3.72. The maximum Gasteiger partial charge on any atom is 0.253 e. The molecule has 23 heavy (non-hydrogen) atoms. The summed E-state index contributed by atoms with van der Waals surface area (Å²) in [7, 11) is 0. The van der Waals surface area contributed by atoms with Crippen LogP contribution in [0.4, 0.5) is 0 Å². The number of carbonyl (C=O) groups excluding carboxylic acids is 1. The number of aryl methyl sites for hydroxylation is 1. The third-order valence-electron chi connectivity index (χ3n) is 3.82. The summed E-state index contributed by atoms with van der Waals surface area (Å²) in [5.74, 6) is 0.516. The molecule has 1 fully saturated rings. The standard InChI is InChI=1S/C15H20N6O2/c1-12-17-18-19-21(12)14-5-3-2-4-13(14)15(22)16-6-7-20-8-10-23-11-9-20/h2-5H,6-11H2,1H3,(H,16,22). The molecule has 122 valence electrons. The van der Waals surface area contributed by atoms with E-state index < -0.39 is 0 Å². The number of rotatable bonds is 5. The number of para-hydroxylation sites is 1. The largest absolute Gasteiger partial charge is 0.379 e. The highest BCUT2D eigenvalue weighted by Crippen LogP contribution is 2.14. The van der Waals surface area contributed by atoms with Crippen LogP contribution in [0.15, 0.2) is 24.3 Å². The first kappa shape index (κ1) is 15.6. The van der Waals surface area contributed by atoms with Crippen LogP contribution < -0.4 is 5.32 Å². The van der Waals surface area contributed by atoms with E-state index >= 15 is 0 Å². The first-order valence-corrected chi connectivity index (χ1v) is 7.68. The van der Waals surface area contributed by atoms with Crippen LogP contribution in [-0.2, 0) is 4.74 Å². The van der Waals surface area contributed by atoms with E-state index in [1.54, 1.807) is 17.7 Å². The molecule has 0 radical (unpaired) electrons. The Morgan fingerprint density at radius 1 is 1.30 bits per heavy atom. The Balaban J connectivity index is 1.64. The predicted octanol–water partition coefficient (Wildman–Crippen LogP) is 0.0327. The van der Waals surface area contributed by atoms with Gasteiger partial charge in [-0.25, -0.2) is 0 Å². The summed E-state index contributed by atoms with van der Waals surface area (Å²) in [6.07, 6.45) is 0. The molecule has 1 saturated heterocycles. The van der Waals surface area contributed by atoms with Crippen molar-refractivity contribution in [1.82, 2.24) is 30.4 Å². The quantitative estimate of drug-likeness (QED) is 0.838. The minimum Gasteiger partial charge on any atom is -0.379 e. The van der Waals surface area contributed by atoms with Gasteiger partial charge in [-0.05, 0) is 29.5 Å². The molecule has 0 spiro atoms. The summed E-state index contributed by atoms with van der Waals surface area (Å²) < 4.78 is 6.88. The van der Waals surface area contributed by atoms with E-state index in [0.29, 0.717) is 23.6 Å². The van der Waals surface area contributed by atoms with E-state index in [1.807, 2.05) is 18.2 Å². The molecule has 1 aromatic heterocycles. The van der Waals surface area contributed by atoms with Gasteiger partial charge in [-0.1, -0.05) is 12.1 Å². The molecule has 3 rings (SSSR count). The van der Waals surface area contributed by atoms with Gasteiger partial charge in [0.05, 0.1) is 24.5 Å². The highest BCUT2D eigenvalue weighted by atomic mass is 16.5. The van der Waals surface area contributed by atoms with Crippen LogP contribution in [0.2, 0.25) is 0 Å².